The van der Waals surface area contributed by atoms with Crippen LogP contribution < -0.4 is 0 Å². The first-order valence-corrected chi connectivity index (χ1v) is 15.9. The standard InChI is InChI=1S/C34H69N2O2/c1-14-15-38-25-30(37)22-35-20-26(16-31(2,3)4)27(21-35)18-33(8,9)34(10,11)19-29-24-36(12,13)23-28(29)17-32(5,6)7/h26-30,37H,14-25H2,1-13H3/q+1. The first kappa shape index (κ1) is 34.0. The molecule has 38 heavy (non-hydrogen) atoms. The Labute approximate surface area is 238 Å². The summed E-state index contributed by atoms with van der Waals surface area (Å²) in [6.45, 7) is 33.7. The lowest BCUT2D eigenvalue weighted by Crippen LogP contribution is -2.40. The maximum Gasteiger partial charge on any atom is 0.0900 e. The Morgan fingerprint density at radius 3 is 1.63 bits per heavy atom. The molecule has 0 spiro atoms. The fourth-order valence-electron chi connectivity index (χ4n) is 7.90. The second kappa shape index (κ2) is 12.8. The van der Waals surface area contributed by atoms with Crippen LogP contribution >= 0.6 is 0 Å². The minimum Gasteiger partial charge on any atom is -0.389 e. The predicted molar refractivity (Wildman–Crippen MR) is 164 cm³/mol. The molecule has 0 amide bonds. The van der Waals surface area contributed by atoms with Gasteiger partial charge < -0.3 is 19.2 Å². The largest absolute Gasteiger partial charge is 0.389 e. The van der Waals surface area contributed by atoms with Gasteiger partial charge in [0, 0.05) is 38.1 Å². The lowest BCUT2D eigenvalue weighted by molar-refractivity contribution is -0.880. The first-order valence-electron chi connectivity index (χ1n) is 15.9. The number of rotatable bonds is 13. The Morgan fingerprint density at radius 2 is 1.16 bits per heavy atom. The smallest absolute Gasteiger partial charge is 0.0900 e. The highest BCUT2D eigenvalue weighted by molar-refractivity contribution is 4.96. The molecule has 2 rings (SSSR count). The number of ether oxygens (including phenoxy) is 1. The zero-order valence-corrected chi connectivity index (χ0v) is 28.1. The average molecular weight is 538 g/mol. The Bertz CT molecular complexity index is 715. The van der Waals surface area contributed by atoms with Crippen molar-refractivity contribution in [3.63, 3.8) is 0 Å². The van der Waals surface area contributed by atoms with Gasteiger partial charge in [-0.25, -0.2) is 0 Å². The number of aliphatic hydroxyl groups excluding tert-OH is 1. The third-order valence-corrected chi connectivity index (χ3v) is 10.0. The Balaban J connectivity index is 2.13. The number of hydrogen-bond donors (Lipinski definition) is 1. The number of nitrogens with zero attached hydrogens (tertiary/aromatic N) is 2. The number of likely N-dealkylation sites (tertiary alicyclic amines) is 2. The zero-order valence-electron chi connectivity index (χ0n) is 28.1. The molecule has 2 saturated heterocycles. The zero-order chi connectivity index (χ0) is 29.2. The summed E-state index contributed by atoms with van der Waals surface area (Å²) in [4.78, 5) is 2.54. The van der Waals surface area contributed by atoms with Gasteiger partial charge in [0.05, 0.1) is 39.9 Å². The van der Waals surface area contributed by atoms with Crippen molar-refractivity contribution in [1.29, 1.82) is 0 Å². The van der Waals surface area contributed by atoms with Gasteiger partial charge >= 0.3 is 0 Å². The molecule has 0 saturated carbocycles. The number of quaternary nitrogens is 1. The van der Waals surface area contributed by atoms with E-state index in [1.165, 1.54) is 43.3 Å². The van der Waals surface area contributed by atoms with Crippen molar-refractivity contribution in [3.8, 4) is 0 Å². The van der Waals surface area contributed by atoms with Crippen molar-refractivity contribution >= 4 is 0 Å². The van der Waals surface area contributed by atoms with Crippen LogP contribution in [0, 0.1) is 45.3 Å². The Kier molecular flexibility index (Phi) is 11.5. The molecule has 0 aromatic rings. The van der Waals surface area contributed by atoms with Gasteiger partial charge in [-0.3, -0.25) is 0 Å². The molecule has 5 unspecified atom stereocenters. The van der Waals surface area contributed by atoms with E-state index in [1.54, 1.807) is 0 Å². The normalized spacial score (nSPS) is 28.3. The SMILES string of the molecule is CCCOCC(O)CN1CC(CC(C)(C)C)C(CC(C)(C)C(C)(C)CC2C[N+](C)(C)CC2CC(C)(C)C)C1. The maximum atomic E-state index is 10.6. The van der Waals surface area contributed by atoms with E-state index in [0.717, 1.165) is 44.5 Å². The van der Waals surface area contributed by atoms with E-state index in [2.05, 4.69) is 95.2 Å². The van der Waals surface area contributed by atoms with Crippen LogP contribution in [0.2, 0.25) is 0 Å². The summed E-state index contributed by atoms with van der Waals surface area (Å²) >= 11 is 0. The van der Waals surface area contributed by atoms with Gasteiger partial charge in [0.15, 0.2) is 0 Å². The quantitative estimate of drug-likeness (QED) is 0.197. The third kappa shape index (κ3) is 10.7. The Morgan fingerprint density at radius 1 is 0.737 bits per heavy atom. The fourth-order valence-corrected chi connectivity index (χ4v) is 7.90. The first-order chi connectivity index (χ1) is 17.1. The molecular formula is C34H69N2O2+. The summed E-state index contributed by atoms with van der Waals surface area (Å²) in [5.41, 5.74) is 1.27. The van der Waals surface area contributed by atoms with Crippen LogP contribution in [0.5, 0.6) is 0 Å². The molecule has 4 nitrogen and oxygen atoms in total. The van der Waals surface area contributed by atoms with Crippen LogP contribution in [0.15, 0.2) is 0 Å². The maximum absolute atomic E-state index is 10.6. The molecular weight excluding hydrogens is 468 g/mol. The average Bonchev–Trinajstić information content (AvgIpc) is 3.16. The lowest BCUT2D eigenvalue weighted by Gasteiger charge is -2.46. The van der Waals surface area contributed by atoms with E-state index in [9.17, 15) is 5.11 Å². The number of β-amino-alcohol motifs (C(OH)–C–C–N with tert-alkyl or cyclic N) is 1. The van der Waals surface area contributed by atoms with E-state index in [0.29, 0.717) is 29.3 Å². The second-order valence-electron chi connectivity index (χ2n) is 18.0. The van der Waals surface area contributed by atoms with Gasteiger partial charge in [-0.1, -0.05) is 76.2 Å². The van der Waals surface area contributed by atoms with E-state index in [1.807, 2.05) is 0 Å². The summed E-state index contributed by atoms with van der Waals surface area (Å²) < 4.78 is 6.83. The van der Waals surface area contributed by atoms with Crippen LogP contribution in [-0.2, 0) is 4.74 Å². The summed E-state index contributed by atoms with van der Waals surface area (Å²) in [6.07, 6.45) is 5.82. The number of aliphatic hydroxyl groups is 1. The van der Waals surface area contributed by atoms with Crippen molar-refractivity contribution in [3.05, 3.63) is 0 Å². The minimum atomic E-state index is -0.386. The van der Waals surface area contributed by atoms with Gasteiger partial charge in [-0.2, -0.15) is 0 Å². The van der Waals surface area contributed by atoms with Crippen molar-refractivity contribution in [2.24, 2.45) is 45.3 Å². The van der Waals surface area contributed by atoms with Gasteiger partial charge in [0.1, 0.15) is 0 Å². The van der Waals surface area contributed by atoms with Crippen molar-refractivity contribution < 1.29 is 14.3 Å². The fraction of sp³-hybridized carbons (Fsp3) is 1.00. The molecule has 226 valence electrons. The molecule has 0 radical (unpaired) electrons. The molecule has 0 aromatic heterocycles. The van der Waals surface area contributed by atoms with Gasteiger partial charge in [-0.05, 0) is 65.6 Å². The predicted octanol–water partition coefficient (Wildman–Crippen LogP) is 7.35. The monoisotopic (exact) mass is 538 g/mol. The van der Waals surface area contributed by atoms with Gasteiger partial charge in [0.25, 0.3) is 0 Å². The molecule has 2 fully saturated rings. The lowest BCUT2D eigenvalue weighted by atomic mass is 9.58. The minimum absolute atomic E-state index is 0.263. The van der Waals surface area contributed by atoms with Crippen molar-refractivity contribution in [2.45, 2.75) is 114 Å². The molecule has 2 aliphatic rings. The highest BCUT2D eigenvalue weighted by Gasteiger charge is 2.49. The molecule has 1 N–H and O–H groups in total. The van der Waals surface area contributed by atoms with Crippen LogP contribution in [0.4, 0.5) is 0 Å². The summed E-state index contributed by atoms with van der Waals surface area (Å²) in [5.74, 6) is 3.02. The van der Waals surface area contributed by atoms with Gasteiger partial charge in [0.2, 0.25) is 0 Å². The molecule has 5 atom stereocenters. The summed E-state index contributed by atoms with van der Waals surface area (Å²) in [6, 6.07) is 0. The number of hydrogen-bond acceptors (Lipinski definition) is 3. The van der Waals surface area contributed by atoms with Crippen molar-refractivity contribution in [2.75, 3.05) is 60.0 Å². The van der Waals surface area contributed by atoms with Crippen LogP contribution in [0.1, 0.15) is 108 Å². The molecule has 0 aliphatic carbocycles. The molecule has 4 heteroatoms. The van der Waals surface area contributed by atoms with Crippen LogP contribution in [0.3, 0.4) is 0 Å². The highest BCUT2D eigenvalue weighted by atomic mass is 16.5. The summed E-state index contributed by atoms with van der Waals surface area (Å²) in [5, 5.41) is 10.6. The topological polar surface area (TPSA) is 32.7 Å². The van der Waals surface area contributed by atoms with E-state index < -0.39 is 0 Å². The highest BCUT2D eigenvalue weighted by Crippen LogP contribution is 2.52. The van der Waals surface area contributed by atoms with E-state index in [-0.39, 0.29) is 16.9 Å². The Hall–Kier alpha value is -0.160. The van der Waals surface area contributed by atoms with Crippen LogP contribution in [-0.4, -0.2) is 80.6 Å². The van der Waals surface area contributed by atoms with Crippen LogP contribution in [0.25, 0.3) is 0 Å². The molecule has 2 heterocycles. The van der Waals surface area contributed by atoms with Crippen molar-refractivity contribution in [1.82, 2.24) is 4.90 Å². The third-order valence-electron chi connectivity index (χ3n) is 10.0. The molecule has 2 aliphatic heterocycles. The van der Waals surface area contributed by atoms with E-state index in [4.69, 9.17) is 4.74 Å². The van der Waals surface area contributed by atoms with Gasteiger partial charge in [-0.15, -0.1) is 0 Å². The molecule has 0 bridgehead atoms. The van der Waals surface area contributed by atoms with E-state index >= 15 is 0 Å². The molecule has 0 aromatic carbocycles. The second-order valence-corrected chi connectivity index (χ2v) is 18.0. The summed E-state index contributed by atoms with van der Waals surface area (Å²) in [7, 11) is 4.89.